The van der Waals surface area contributed by atoms with Crippen LogP contribution >= 0.6 is 0 Å². The van der Waals surface area contributed by atoms with E-state index in [2.05, 4.69) is 416 Å². The maximum Gasteiger partial charge on any atom is 0.0642 e. The van der Waals surface area contributed by atoms with Crippen LogP contribution in [0.2, 0.25) is 0 Å². The SMILES string of the molecule is c1ccc(-c2ccc3c(c2)c2cc(-c4ccccc4)cc4c5ccc6c(c7cc(N(c8ccccc8)c8ccccc8)cc8c9cc(-c%10cccc(-c%11cc%12c%13cc(-c%14ccccc%14)ccc%13n%13c%12c(c%11)c%11ccc%12c(c%14ccc(N(c%15ccccc%15)c%15ccccc%15)c%15c%16ccccc%16n%12c%14%15)c%11%13)c%10)ccc9n6c87)c5n3c24)cc1. The van der Waals surface area contributed by atoms with Crippen LogP contribution in [0, 0.1) is 0 Å². The number of fused-ring (bicyclic) bond motifs is 26. The van der Waals surface area contributed by atoms with Gasteiger partial charge < -0.3 is 27.4 Å². The van der Waals surface area contributed by atoms with Gasteiger partial charge in [0.25, 0.3) is 0 Å². The van der Waals surface area contributed by atoms with E-state index in [1.165, 1.54) is 197 Å². The highest BCUT2D eigenvalue weighted by Gasteiger charge is 2.31. The molecule has 526 valence electrons. The van der Waals surface area contributed by atoms with Gasteiger partial charge in [-0.15, -0.1) is 0 Å². The Labute approximate surface area is 653 Å². The zero-order chi connectivity index (χ0) is 74.1. The van der Waals surface area contributed by atoms with Crippen LogP contribution in [0.15, 0.2) is 388 Å². The fourth-order valence-electron chi connectivity index (χ4n) is 20.4. The van der Waals surface area contributed by atoms with Gasteiger partial charge in [0.1, 0.15) is 0 Å². The van der Waals surface area contributed by atoms with Crippen molar-refractivity contribution < 1.29 is 0 Å². The van der Waals surface area contributed by atoms with Crippen molar-refractivity contribution in [2.24, 2.45) is 0 Å². The molecule has 18 aromatic carbocycles. The van der Waals surface area contributed by atoms with Gasteiger partial charge in [0.2, 0.25) is 0 Å². The van der Waals surface area contributed by atoms with Gasteiger partial charge in [0.05, 0.1) is 71.9 Å². The number of rotatable bonds is 11. The minimum absolute atomic E-state index is 1.09. The summed E-state index contributed by atoms with van der Waals surface area (Å²) in [4.78, 5) is 4.88. The molecule has 0 spiro atoms. The quantitative estimate of drug-likeness (QED) is 0.129. The molecule has 0 atom stereocenters. The summed E-state index contributed by atoms with van der Waals surface area (Å²) in [5.41, 5.74) is 33.1. The van der Waals surface area contributed by atoms with Gasteiger partial charge in [-0.2, -0.15) is 0 Å². The molecular formula is C108H64N6. The van der Waals surface area contributed by atoms with E-state index in [1.807, 2.05) is 0 Å². The standard InChI is InChI=1S/C108H64N6/c1-8-25-65(26-9-1)70-44-51-96-84(56-70)89-60-73(67-29-12-3-13-30-67)59-87-81-47-53-99-102(107(81)114(96)103(87)89)92-64-79(109(75-33-14-4-15-34-75)76-35-16-5-17-36-76)63-91-86-58-72(45-49-94(86)111(99)105(91)92)68-31-24-32-69(55-68)74-61-88-80-46-52-98-101(106(80)113-95-50-43-71(66-27-10-2-11-28-66)57-85(95)90(62-74)104(88)113)83-48-54-97(100-82-41-22-23-42-93(82)112(98)108(83)100)110(77-37-18-6-19-38-77)78-39-20-7-21-40-78/h1-64H. The number of hydrogen-bond acceptors (Lipinski definition) is 2. The number of benzene rings is 18. The number of nitrogens with zero attached hydrogens (tertiary/aromatic N) is 6. The molecule has 6 nitrogen and oxygen atoms in total. The number of hydrogen-bond donors (Lipinski definition) is 0. The van der Waals surface area contributed by atoms with E-state index in [-0.39, 0.29) is 0 Å². The van der Waals surface area contributed by atoms with Crippen LogP contribution in [0.1, 0.15) is 0 Å². The molecule has 26 rings (SSSR count). The molecular weight excluding hydrogens is 1380 g/mol. The van der Waals surface area contributed by atoms with Crippen molar-refractivity contribution >= 4 is 187 Å². The molecule has 6 heteroatoms. The first kappa shape index (κ1) is 61.6. The van der Waals surface area contributed by atoms with Crippen molar-refractivity contribution in [3.63, 3.8) is 0 Å². The van der Waals surface area contributed by atoms with Crippen LogP contribution < -0.4 is 9.80 Å². The summed E-state index contributed by atoms with van der Waals surface area (Å²) >= 11 is 0. The molecule has 0 aliphatic carbocycles. The van der Waals surface area contributed by atoms with E-state index in [1.54, 1.807) is 0 Å². The molecule has 26 aromatic rings. The number of anilines is 6. The van der Waals surface area contributed by atoms with Gasteiger partial charge in [-0.25, -0.2) is 0 Å². The lowest BCUT2D eigenvalue weighted by Crippen LogP contribution is -2.10. The average molecular weight is 1450 g/mol. The van der Waals surface area contributed by atoms with E-state index in [4.69, 9.17) is 0 Å². The first-order valence-electron chi connectivity index (χ1n) is 39.5. The highest BCUT2D eigenvalue weighted by atomic mass is 15.2. The summed E-state index contributed by atoms with van der Waals surface area (Å²) in [5.74, 6) is 0. The molecule has 0 bridgehead atoms. The summed E-state index contributed by atoms with van der Waals surface area (Å²) in [7, 11) is 0. The van der Waals surface area contributed by atoms with Crippen LogP contribution in [0.3, 0.4) is 0 Å². The highest BCUT2D eigenvalue weighted by Crippen LogP contribution is 2.55. The topological polar surface area (TPSA) is 24.1 Å². The molecule has 0 N–H and O–H groups in total. The first-order valence-corrected chi connectivity index (χ1v) is 39.5. The molecule has 0 radical (unpaired) electrons. The summed E-state index contributed by atoms with van der Waals surface area (Å²) in [5, 5.41) is 19.8. The zero-order valence-electron chi connectivity index (χ0n) is 61.6. The van der Waals surface area contributed by atoms with Crippen LogP contribution in [-0.4, -0.2) is 17.6 Å². The maximum atomic E-state index is 2.61. The molecule has 0 aliphatic rings. The van der Waals surface area contributed by atoms with Crippen molar-refractivity contribution in [3.8, 4) is 55.6 Å². The van der Waals surface area contributed by atoms with Crippen molar-refractivity contribution in [1.82, 2.24) is 17.6 Å². The van der Waals surface area contributed by atoms with Crippen molar-refractivity contribution in [2.45, 2.75) is 0 Å². The van der Waals surface area contributed by atoms with Gasteiger partial charge in [-0.1, -0.05) is 231 Å². The van der Waals surface area contributed by atoms with E-state index in [0.717, 1.165) is 45.3 Å². The predicted octanol–water partition coefficient (Wildman–Crippen LogP) is 29.6. The fourth-order valence-corrected chi connectivity index (χ4v) is 20.4. The monoisotopic (exact) mass is 1440 g/mol. The number of para-hydroxylation sites is 5. The Morgan fingerprint density at radius 2 is 0.456 bits per heavy atom. The van der Waals surface area contributed by atoms with Gasteiger partial charge >= 0.3 is 0 Å². The Hall–Kier alpha value is -15.2. The smallest absolute Gasteiger partial charge is 0.0642 e. The predicted molar refractivity (Wildman–Crippen MR) is 482 cm³/mol. The second kappa shape index (κ2) is 23.2. The normalized spacial score (nSPS) is 12.4. The Morgan fingerprint density at radius 1 is 0.140 bits per heavy atom. The minimum atomic E-state index is 1.09. The lowest BCUT2D eigenvalue weighted by atomic mass is 9.95. The molecule has 0 saturated carbocycles. The van der Waals surface area contributed by atoms with Gasteiger partial charge in [-0.3, -0.25) is 0 Å². The highest BCUT2D eigenvalue weighted by molar-refractivity contribution is 6.37. The molecule has 0 fully saturated rings. The summed E-state index contributed by atoms with van der Waals surface area (Å²) in [6.07, 6.45) is 0. The Bertz CT molecular complexity index is 8360. The average Bonchev–Trinajstić information content (AvgIpc) is 1.51. The minimum Gasteiger partial charge on any atom is -0.310 e. The van der Waals surface area contributed by atoms with E-state index in [9.17, 15) is 0 Å². The van der Waals surface area contributed by atoms with Crippen molar-refractivity contribution in [3.05, 3.63) is 388 Å². The van der Waals surface area contributed by atoms with E-state index < -0.39 is 0 Å². The third-order valence-electron chi connectivity index (χ3n) is 25.1. The molecule has 0 aliphatic heterocycles. The summed E-state index contributed by atoms with van der Waals surface area (Å²) in [6, 6.07) is 145. The largest absolute Gasteiger partial charge is 0.310 e. The van der Waals surface area contributed by atoms with Crippen LogP contribution in [0.25, 0.3) is 208 Å². The van der Waals surface area contributed by atoms with Gasteiger partial charge in [0, 0.05) is 115 Å². The molecule has 0 amide bonds. The second-order valence-electron chi connectivity index (χ2n) is 31.0. The third-order valence-corrected chi connectivity index (χ3v) is 25.1. The Balaban J connectivity index is 0.695. The van der Waals surface area contributed by atoms with Crippen molar-refractivity contribution in [2.75, 3.05) is 9.80 Å². The van der Waals surface area contributed by atoms with Gasteiger partial charge in [-0.05, 0) is 213 Å². The van der Waals surface area contributed by atoms with Crippen molar-refractivity contribution in [1.29, 1.82) is 0 Å². The molecule has 114 heavy (non-hydrogen) atoms. The van der Waals surface area contributed by atoms with Crippen LogP contribution in [-0.2, 0) is 0 Å². The molecule has 8 aromatic heterocycles. The van der Waals surface area contributed by atoms with E-state index in [0.29, 0.717) is 0 Å². The Kier molecular flexibility index (Phi) is 12.5. The first-order chi connectivity index (χ1) is 56.6. The summed E-state index contributed by atoms with van der Waals surface area (Å²) < 4.78 is 10.4. The van der Waals surface area contributed by atoms with Crippen LogP contribution in [0.4, 0.5) is 34.1 Å². The maximum absolute atomic E-state index is 2.61. The second-order valence-corrected chi connectivity index (χ2v) is 31.0. The van der Waals surface area contributed by atoms with Gasteiger partial charge in [0.15, 0.2) is 0 Å². The van der Waals surface area contributed by atoms with Crippen LogP contribution in [0.5, 0.6) is 0 Å². The summed E-state index contributed by atoms with van der Waals surface area (Å²) in [6.45, 7) is 0. The lowest BCUT2D eigenvalue weighted by Gasteiger charge is -2.26. The lowest BCUT2D eigenvalue weighted by molar-refractivity contribution is 1.29. The third kappa shape index (κ3) is 8.46. The fraction of sp³-hybridized carbons (Fsp3) is 0. The molecule has 0 saturated heterocycles. The molecule has 8 heterocycles. The van der Waals surface area contributed by atoms with E-state index >= 15 is 0 Å². The zero-order valence-corrected chi connectivity index (χ0v) is 61.6. The molecule has 0 unspecified atom stereocenters. The Morgan fingerprint density at radius 3 is 0.965 bits per heavy atom. The number of aromatic nitrogens is 4.